The van der Waals surface area contributed by atoms with Crippen molar-refractivity contribution in [2.75, 3.05) is 0 Å². The van der Waals surface area contributed by atoms with E-state index in [-0.39, 0.29) is 16.9 Å². The van der Waals surface area contributed by atoms with Crippen LogP contribution in [0, 0.1) is 11.6 Å². The number of rotatable bonds is 8. The van der Waals surface area contributed by atoms with Crippen LogP contribution in [0.5, 0.6) is 11.5 Å². The first-order valence-corrected chi connectivity index (χ1v) is 10.0. The Morgan fingerprint density at radius 3 is 2.12 bits per heavy atom. The summed E-state index contributed by atoms with van der Waals surface area (Å²) < 4.78 is 44.1. The molecule has 172 valence electrons. The van der Waals surface area contributed by atoms with Crippen molar-refractivity contribution >= 4 is 11.9 Å². The van der Waals surface area contributed by atoms with Crippen LogP contribution in [-0.4, -0.2) is 11.9 Å². The highest BCUT2D eigenvalue weighted by molar-refractivity contribution is 5.87. The van der Waals surface area contributed by atoms with Gasteiger partial charge in [0.1, 0.15) is 24.1 Å². The summed E-state index contributed by atoms with van der Waals surface area (Å²) in [5, 5.41) is 0. The van der Waals surface area contributed by atoms with Crippen molar-refractivity contribution < 1.29 is 32.6 Å². The first-order chi connectivity index (χ1) is 16.3. The average molecular weight is 462 g/mol. The zero-order valence-electron chi connectivity index (χ0n) is 18.2. The Morgan fingerprint density at radius 2 is 1.50 bits per heavy atom. The molecule has 7 heteroatoms. The fraction of sp³-hybridized carbons (Fsp3) is 0.0370. The molecule has 0 aliphatic heterocycles. The highest BCUT2D eigenvalue weighted by Gasteiger charge is 2.11. The van der Waals surface area contributed by atoms with Gasteiger partial charge in [-0.1, -0.05) is 43.5 Å². The van der Waals surface area contributed by atoms with Crippen molar-refractivity contribution in [3.63, 3.8) is 0 Å². The molecule has 0 fully saturated rings. The fourth-order valence-corrected chi connectivity index (χ4v) is 2.86. The number of benzene rings is 3. The zero-order valence-corrected chi connectivity index (χ0v) is 18.2. The molecule has 0 bridgehead atoms. The molecule has 0 saturated heterocycles. The molecule has 5 nitrogen and oxygen atoms in total. The monoisotopic (exact) mass is 462 g/mol. The van der Waals surface area contributed by atoms with E-state index in [1.165, 1.54) is 25.1 Å². The second-order valence-electron chi connectivity index (χ2n) is 7.07. The van der Waals surface area contributed by atoms with E-state index >= 15 is 0 Å². The quantitative estimate of drug-likeness (QED) is 0.169. The van der Waals surface area contributed by atoms with Crippen LogP contribution in [-0.2, 0) is 14.3 Å². The van der Waals surface area contributed by atoms with E-state index in [4.69, 9.17) is 14.2 Å². The molecule has 0 N–H and O–H groups in total. The lowest BCUT2D eigenvalue weighted by Gasteiger charge is -2.09. The van der Waals surface area contributed by atoms with Gasteiger partial charge in [-0.25, -0.2) is 18.4 Å². The lowest BCUT2D eigenvalue weighted by Crippen LogP contribution is -2.02. The maximum Gasteiger partial charge on any atom is 0.338 e. The molecule has 0 aliphatic rings. The molecule has 0 radical (unpaired) electrons. The molecule has 0 aliphatic carbocycles. The largest absolute Gasteiger partial charge is 0.459 e. The van der Waals surface area contributed by atoms with Crippen molar-refractivity contribution in [1.82, 2.24) is 0 Å². The molecule has 3 aromatic carbocycles. The van der Waals surface area contributed by atoms with E-state index in [1.54, 1.807) is 36.4 Å². The van der Waals surface area contributed by atoms with Gasteiger partial charge in [-0.15, -0.1) is 0 Å². The van der Waals surface area contributed by atoms with Crippen LogP contribution in [0.1, 0.15) is 6.92 Å². The minimum absolute atomic E-state index is 0.124. The number of ether oxygens (including phenoxy) is 3. The fourth-order valence-electron chi connectivity index (χ4n) is 2.86. The topological polar surface area (TPSA) is 61.8 Å². The third-order valence-corrected chi connectivity index (χ3v) is 4.56. The van der Waals surface area contributed by atoms with Crippen LogP contribution < -0.4 is 9.47 Å². The van der Waals surface area contributed by atoms with Gasteiger partial charge in [0.25, 0.3) is 0 Å². The Morgan fingerprint density at radius 1 is 0.853 bits per heavy atom. The number of halogens is 2. The number of esters is 2. The minimum Gasteiger partial charge on any atom is -0.459 e. The Balaban J connectivity index is 1.73. The molecule has 0 aromatic heterocycles. The Bertz CT molecular complexity index is 1280. The predicted molar refractivity (Wildman–Crippen MR) is 124 cm³/mol. The minimum atomic E-state index is -0.721. The van der Waals surface area contributed by atoms with Gasteiger partial charge in [-0.3, -0.25) is 0 Å². The third kappa shape index (κ3) is 6.04. The van der Waals surface area contributed by atoms with Crippen molar-refractivity contribution in [1.29, 1.82) is 0 Å². The highest BCUT2D eigenvalue weighted by atomic mass is 19.1. The van der Waals surface area contributed by atoms with Gasteiger partial charge in [0, 0.05) is 17.2 Å². The molecule has 0 unspecified atom stereocenters. The normalized spacial score (nSPS) is 10.6. The highest BCUT2D eigenvalue weighted by Crippen LogP contribution is 2.31. The number of hydrogen-bond donors (Lipinski definition) is 0. The van der Waals surface area contributed by atoms with Gasteiger partial charge < -0.3 is 14.2 Å². The van der Waals surface area contributed by atoms with E-state index in [9.17, 15) is 18.4 Å². The van der Waals surface area contributed by atoms with Gasteiger partial charge in [0.05, 0.1) is 0 Å². The Kier molecular flexibility index (Phi) is 7.71. The second kappa shape index (κ2) is 10.9. The maximum atomic E-state index is 14.8. The molecular formula is C27H20F2O5. The van der Waals surface area contributed by atoms with Crippen molar-refractivity contribution in [3.8, 4) is 33.8 Å². The van der Waals surface area contributed by atoms with E-state index in [1.807, 2.05) is 0 Å². The third-order valence-electron chi connectivity index (χ3n) is 4.56. The van der Waals surface area contributed by atoms with E-state index in [0.29, 0.717) is 22.4 Å². The van der Waals surface area contributed by atoms with Gasteiger partial charge in [-0.05, 0) is 53.9 Å². The van der Waals surface area contributed by atoms with Gasteiger partial charge >= 0.3 is 11.9 Å². The maximum absolute atomic E-state index is 14.8. The van der Waals surface area contributed by atoms with Crippen molar-refractivity contribution in [3.05, 3.63) is 110 Å². The van der Waals surface area contributed by atoms with E-state index in [0.717, 1.165) is 24.7 Å². The zero-order chi connectivity index (χ0) is 24.7. The summed E-state index contributed by atoms with van der Waals surface area (Å²) in [4.78, 5) is 22.5. The van der Waals surface area contributed by atoms with Crippen molar-refractivity contribution in [2.45, 2.75) is 6.92 Å². The average Bonchev–Trinajstić information content (AvgIpc) is 2.82. The summed E-state index contributed by atoms with van der Waals surface area (Å²) in [6.07, 6.45) is 3.04. The molecule has 0 amide bonds. The number of hydrogen-bond acceptors (Lipinski definition) is 5. The first-order valence-electron chi connectivity index (χ1n) is 10.0. The van der Waals surface area contributed by atoms with Crippen LogP contribution in [0.15, 0.2) is 98.0 Å². The SMILES string of the molecule is C=CC(=O)Oc1ccc(-c2ccc(-c3ccc(OC=COC(=O)C(=C)C)c(F)c3)c(F)c2)cc1. The molecule has 0 saturated carbocycles. The smallest absolute Gasteiger partial charge is 0.338 e. The predicted octanol–water partition coefficient (Wildman–Crippen LogP) is 6.36. The van der Waals surface area contributed by atoms with Crippen LogP contribution in [0.3, 0.4) is 0 Å². The van der Waals surface area contributed by atoms with Crippen molar-refractivity contribution in [2.24, 2.45) is 0 Å². The lowest BCUT2D eigenvalue weighted by molar-refractivity contribution is -0.133. The van der Waals surface area contributed by atoms with Crippen LogP contribution >= 0.6 is 0 Å². The van der Waals surface area contributed by atoms with Gasteiger partial charge in [0.15, 0.2) is 11.6 Å². The molecule has 0 heterocycles. The van der Waals surface area contributed by atoms with Gasteiger partial charge in [-0.2, -0.15) is 0 Å². The Labute approximate surface area is 195 Å². The van der Waals surface area contributed by atoms with Crippen LogP contribution in [0.4, 0.5) is 8.78 Å². The summed E-state index contributed by atoms with van der Waals surface area (Å²) in [5.41, 5.74) is 2.03. The van der Waals surface area contributed by atoms with Crippen LogP contribution in [0.2, 0.25) is 0 Å². The summed E-state index contributed by atoms with van der Waals surface area (Å²) in [6, 6.07) is 15.1. The summed E-state index contributed by atoms with van der Waals surface area (Å²) in [7, 11) is 0. The second-order valence-corrected chi connectivity index (χ2v) is 7.07. The lowest BCUT2D eigenvalue weighted by atomic mass is 9.99. The van der Waals surface area contributed by atoms with Gasteiger partial charge in [0.2, 0.25) is 0 Å². The van der Waals surface area contributed by atoms with E-state index < -0.39 is 23.6 Å². The molecular weight excluding hydrogens is 442 g/mol. The molecule has 3 rings (SSSR count). The Hall–Kier alpha value is -4.52. The molecule has 34 heavy (non-hydrogen) atoms. The van der Waals surface area contributed by atoms with E-state index in [2.05, 4.69) is 13.2 Å². The molecule has 3 aromatic rings. The first kappa shape index (κ1) is 24.1. The number of carbonyl (C=O) groups is 2. The summed E-state index contributed by atoms with van der Waals surface area (Å²) >= 11 is 0. The van der Waals surface area contributed by atoms with Crippen LogP contribution in [0.25, 0.3) is 22.3 Å². The summed E-state index contributed by atoms with van der Waals surface area (Å²) in [5.74, 6) is -2.26. The standard InChI is InChI=1S/C27H20F2O5/c1-4-26(30)34-21-9-5-18(6-10-21)19-7-11-22(23(28)15-19)20-8-12-25(24(29)16-20)32-13-14-33-27(31)17(2)3/h4-16H,1-2H2,3H3. The number of carbonyl (C=O) groups excluding carboxylic acids is 2. The summed E-state index contributed by atoms with van der Waals surface area (Å²) in [6.45, 7) is 8.25. The molecule has 0 atom stereocenters. The molecule has 0 spiro atoms.